The molecule has 2 aromatic heterocycles. The third-order valence-corrected chi connectivity index (χ3v) is 8.58. The maximum Gasteiger partial charge on any atom is 0.272 e. The molecule has 0 radical (unpaired) electrons. The number of carbonyl (C=O) groups is 2. The monoisotopic (exact) mass is 616 g/mol. The van der Waals surface area contributed by atoms with Crippen LogP contribution in [0.3, 0.4) is 0 Å². The molecule has 43 heavy (non-hydrogen) atoms. The molecule has 4 aromatic rings. The number of piperidine rings is 1. The number of halogens is 3. The van der Waals surface area contributed by atoms with E-state index in [9.17, 15) is 22.4 Å². The first-order chi connectivity index (χ1) is 20.4. The van der Waals surface area contributed by atoms with Crippen molar-refractivity contribution in [1.29, 1.82) is 0 Å². The standard InChI is InChI=1S/C28H27F3N6O5S/c1-4-14-11-20(28(42-3)32-12-14)43(40,41)36-19-9-8-18(29)22(24(19)31)16-6-7-17-25(23(16)30)34-35-26(17)27(39)33-15-5-10-21(38)37(2)13-15/h6-9,11-12,15,36H,4-5,10,13H2,1-3H3,(H,33,39)(H,34,35). The number of aromatic amines is 1. The van der Waals surface area contributed by atoms with Crippen LogP contribution in [0.25, 0.3) is 22.0 Å². The molecular formula is C28H27F3N6O5S. The highest BCUT2D eigenvalue weighted by atomic mass is 32.2. The van der Waals surface area contributed by atoms with E-state index >= 15 is 8.78 Å². The van der Waals surface area contributed by atoms with Crippen LogP contribution in [0.15, 0.2) is 41.4 Å². The molecule has 1 saturated heterocycles. The number of methoxy groups -OCH3 is 1. The van der Waals surface area contributed by atoms with Crippen LogP contribution < -0.4 is 14.8 Å². The van der Waals surface area contributed by atoms with Gasteiger partial charge in [-0.05, 0) is 42.7 Å². The quantitative estimate of drug-likeness (QED) is 0.273. The van der Waals surface area contributed by atoms with Crippen molar-refractivity contribution in [2.24, 2.45) is 0 Å². The summed E-state index contributed by atoms with van der Waals surface area (Å²) in [4.78, 5) is 29.7. The lowest BCUT2D eigenvalue weighted by Gasteiger charge is -2.29. The minimum absolute atomic E-state index is 0.0379. The summed E-state index contributed by atoms with van der Waals surface area (Å²) < 4.78 is 79.9. The lowest BCUT2D eigenvalue weighted by Crippen LogP contribution is -2.48. The van der Waals surface area contributed by atoms with Gasteiger partial charge in [-0.25, -0.2) is 26.6 Å². The first kappa shape index (κ1) is 29.8. The van der Waals surface area contributed by atoms with Crippen LogP contribution in [0.5, 0.6) is 5.88 Å². The predicted molar refractivity (Wildman–Crippen MR) is 151 cm³/mol. The number of amides is 2. The molecule has 2 aromatic carbocycles. The number of rotatable bonds is 8. The number of nitrogens with zero attached hydrogens (tertiary/aromatic N) is 3. The normalized spacial score (nSPS) is 15.5. The van der Waals surface area contributed by atoms with Gasteiger partial charge in [0, 0.05) is 43.2 Å². The van der Waals surface area contributed by atoms with Gasteiger partial charge in [-0.3, -0.25) is 19.4 Å². The number of aromatic nitrogens is 3. The van der Waals surface area contributed by atoms with E-state index < -0.39 is 50.2 Å². The van der Waals surface area contributed by atoms with Crippen molar-refractivity contribution in [3.63, 3.8) is 0 Å². The summed E-state index contributed by atoms with van der Waals surface area (Å²) in [6.07, 6.45) is 2.60. The van der Waals surface area contributed by atoms with Crippen LogP contribution in [-0.4, -0.2) is 67.1 Å². The Balaban J connectivity index is 1.48. The molecule has 3 heterocycles. The number of fused-ring (bicyclic) bond motifs is 1. The maximum absolute atomic E-state index is 15.7. The molecule has 0 bridgehead atoms. The molecule has 11 nitrogen and oxygen atoms in total. The van der Waals surface area contributed by atoms with E-state index in [1.807, 2.05) is 0 Å². The number of aryl methyl sites for hydroxylation is 1. The van der Waals surface area contributed by atoms with Crippen LogP contribution in [0.4, 0.5) is 18.9 Å². The van der Waals surface area contributed by atoms with E-state index in [1.54, 1.807) is 14.0 Å². The number of nitrogens with one attached hydrogen (secondary N) is 3. The van der Waals surface area contributed by atoms with Crippen molar-refractivity contribution in [1.82, 2.24) is 25.4 Å². The van der Waals surface area contributed by atoms with Crippen LogP contribution in [-0.2, 0) is 21.2 Å². The molecule has 1 atom stereocenters. The molecule has 0 spiro atoms. The fourth-order valence-electron chi connectivity index (χ4n) is 4.89. The summed E-state index contributed by atoms with van der Waals surface area (Å²) in [6, 6.07) is 5.03. The van der Waals surface area contributed by atoms with Crippen LogP contribution in [0, 0.1) is 17.5 Å². The second-order valence-corrected chi connectivity index (χ2v) is 11.6. The molecule has 2 amide bonds. The molecule has 0 saturated carbocycles. The van der Waals surface area contributed by atoms with E-state index in [1.165, 1.54) is 30.3 Å². The maximum atomic E-state index is 15.7. The van der Waals surface area contributed by atoms with Gasteiger partial charge in [-0.15, -0.1) is 0 Å². The van der Waals surface area contributed by atoms with Gasteiger partial charge in [0.05, 0.1) is 18.4 Å². The van der Waals surface area contributed by atoms with Gasteiger partial charge >= 0.3 is 0 Å². The van der Waals surface area contributed by atoms with Crippen molar-refractivity contribution in [2.75, 3.05) is 25.4 Å². The Bertz CT molecular complexity index is 1860. The van der Waals surface area contributed by atoms with Crippen molar-refractivity contribution in [3.05, 3.63) is 65.2 Å². The molecule has 1 aliphatic rings. The zero-order valence-electron chi connectivity index (χ0n) is 23.3. The van der Waals surface area contributed by atoms with Gasteiger partial charge in [0.1, 0.15) is 16.2 Å². The molecule has 5 rings (SSSR count). The summed E-state index contributed by atoms with van der Waals surface area (Å²) in [5.41, 5.74) is -1.85. The number of benzene rings is 2. The van der Waals surface area contributed by atoms with E-state index in [2.05, 4.69) is 25.2 Å². The number of ether oxygens (including phenoxy) is 1. The largest absolute Gasteiger partial charge is 0.480 e. The number of carbonyl (C=O) groups excluding carboxylic acids is 2. The SMILES string of the molecule is CCc1cnc(OC)c(S(=O)(=O)Nc2ccc(F)c(-c3ccc4c(C(=O)NC5CCC(=O)N(C)C5)n[nH]c4c3F)c2F)c1. The second kappa shape index (κ2) is 11.6. The Hall–Kier alpha value is -4.66. The first-order valence-electron chi connectivity index (χ1n) is 13.2. The van der Waals surface area contributed by atoms with Crippen molar-refractivity contribution in [2.45, 2.75) is 37.1 Å². The number of likely N-dealkylation sites (N-methyl/N-ethyl adjacent to an activating group) is 1. The highest BCUT2D eigenvalue weighted by Gasteiger charge is 2.29. The zero-order valence-corrected chi connectivity index (χ0v) is 24.1. The summed E-state index contributed by atoms with van der Waals surface area (Å²) >= 11 is 0. The molecule has 1 aliphatic heterocycles. The fourth-order valence-corrected chi connectivity index (χ4v) is 6.12. The Kier molecular flexibility index (Phi) is 8.01. The molecule has 3 N–H and O–H groups in total. The lowest BCUT2D eigenvalue weighted by molar-refractivity contribution is -0.132. The number of sulfonamides is 1. The topological polar surface area (TPSA) is 146 Å². The summed E-state index contributed by atoms with van der Waals surface area (Å²) in [5.74, 6) is -4.51. The Labute approximate surface area is 244 Å². The number of pyridine rings is 1. The van der Waals surface area contributed by atoms with Crippen molar-refractivity contribution in [3.8, 4) is 17.0 Å². The second-order valence-electron chi connectivity index (χ2n) is 10.00. The average Bonchev–Trinajstić information content (AvgIpc) is 3.42. The Morgan fingerprint density at radius 3 is 2.65 bits per heavy atom. The summed E-state index contributed by atoms with van der Waals surface area (Å²) in [5, 5.41) is 9.15. The van der Waals surface area contributed by atoms with Crippen LogP contribution >= 0.6 is 0 Å². The van der Waals surface area contributed by atoms with E-state index in [0.29, 0.717) is 24.9 Å². The van der Waals surface area contributed by atoms with Crippen LogP contribution in [0.1, 0.15) is 35.8 Å². The number of anilines is 1. The molecule has 15 heteroatoms. The number of H-pyrrole nitrogens is 1. The van der Waals surface area contributed by atoms with E-state index in [4.69, 9.17) is 4.74 Å². The molecule has 226 valence electrons. The van der Waals surface area contributed by atoms with Gasteiger partial charge in [0.2, 0.25) is 11.8 Å². The average molecular weight is 617 g/mol. The minimum atomic E-state index is -4.47. The molecular weight excluding hydrogens is 589 g/mol. The van der Waals surface area contributed by atoms with Gasteiger partial charge in [-0.2, -0.15) is 5.10 Å². The third kappa shape index (κ3) is 5.59. The van der Waals surface area contributed by atoms with Gasteiger partial charge in [-0.1, -0.05) is 13.0 Å². The zero-order chi connectivity index (χ0) is 31.1. The number of likely N-dealkylation sites (tertiary alicyclic amines) is 1. The lowest BCUT2D eigenvalue weighted by atomic mass is 10.0. The van der Waals surface area contributed by atoms with E-state index in [-0.39, 0.29) is 45.7 Å². The predicted octanol–water partition coefficient (Wildman–Crippen LogP) is 3.76. The van der Waals surface area contributed by atoms with Gasteiger partial charge in [0.25, 0.3) is 15.9 Å². The van der Waals surface area contributed by atoms with E-state index in [0.717, 1.165) is 18.2 Å². The Morgan fingerprint density at radius 1 is 1.19 bits per heavy atom. The summed E-state index contributed by atoms with van der Waals surface area (Å²) in [6.45, 7) is 2.09. The van der Waals surface area contributed by atoms with Crippen LogP contribution in [0.2, 0.25) is 0 Å². The highest BCUT2D eigenvalue weighted by Crippen LogP contribution is 2.36. The van der Waals surface area contributed by atoms with Crippen molar-refractivity contribution < 1.29 is 35.9 Å². The molecule has 1 unspecified atom stereocenters. The smallest absolute Gasteiger partial charge is 0.272 e. The summed E-state index contributed by atoms with van der Waals surface area (Å²) in [7, 11) is -1.62. The first-order valence-corrected chi connectivity index (χ1v) is 14.7. The fraction of sp³-hybridized carbons (Fsp3) is 0.286. The van der Waals surface area contributed by atoms with Crippen molar-refractivity contribution >= 4 is 38.4 Å². The molecule has 0 aliphatic carbocycles. The minimum Gasteiger partial charge on any atom is -0.480 e. The number of hydrogen-bond acceptors (Lipinski definition) is 7. The molecule has 1 fully saturated rings. The third-order valence-electron chi connectivity index (χ3n) is 7.22. The highest BCUT2D eigenvalue weighted by molar-refractivity contribution is 7.92. The van der Waals surface area contributed by atoms with Gasteiger partial charge < -0.3 is 15.0 Å². The Morgan fingerprint density at radius 2 is 1.95 bits per heavy atom. The van der Waals surface area contributed by atoms with Gasteiger partial charge in [0.15, 0.2) is 17.3 Å². The number of hydrogen-bond donors (Lipinski definition) is 3.